The number of carbonyl (C=O) groups is 2. The van der Waals surface area contributed by atoms with Crippen molar-refractivity contribution in [2.24, 2.45) is 5.92 Å². The van der Waals surface area contributed by atoms with Crippen LogP contribution >= 0.6 is 15.9 Å². The van der Waals surface area contributed by atoms with Crippen molar-refractivity contribution in [3.8, 4) is 5.75 Å². The number of nitrogens with zero attached hydrogens (tertiary/aromatic N) is 1. The van der Waals surface area contributed by atoms with Crippen molar-refractivity contribution in [3.63, 3.8) is 0 Å². The molecule has 2 amide bonds. The van der Waals surface area contributed by atoms with Crippen LogP contribution < -0.4 is 10.1 Å². The molecule has 2 aromatic rings. The minimum Gasteiger partial charge on any atom is -0.484 e. The lowest BCUT2D eigenvalue weighted by atomic mass is 10.1. The Kier molecular flexibility index (Phi) is 9.04. The summed E-state index contributed by atoms with van der Waals surface area (Å²) in [6.07, 6.45) is 0. The Morgan fingerprint density at radius 2 is 1.68 bits per heavy atom. The minimum absolute atomic E-state index is 0.178. The van der Waals surface area contributed by atoms with Gasteiger partial charge in [-0.05, 0) is 67.6 Å². The van der Waals surface area contributed by atoms with Crippen LogP contribution in [0, 0.1) is 25.6 Å². The third kappa shape index (κ3) is 7.35. The molecule has 1 N–H and O–H groups in total. The molecule has 0 radical (unpaired) electrons. The second kappa shape index (κ2) is 11.3. The second-order valence-corrected chi connectivity index (χ2v) is 8.92. The third-order valence-electron chi connectivity index (χ3n) is 4.89. The van der Waals surface area contributed by atoms with Gasteiger partial charge in [-0.3, -0.25) is 9.59 Å². The fourth-order valence-corrected chi connectivity index (χ4v) is 3.27. The van der Waals surface area contributed by atoms with E-state index in [2.05, 4.69) is 21.2 Å². The summed E-state index contributed by atoms with van der Waals surface area (Å²) in [5.41, 5.74) is 2.74. The topological polar surface area (TPSA) is 58.6 Å². The van der Waals surface area contributed by atoms with Crippen molar-refractivity contribution in [1.82, 2.24) is 10.2 Å². The highest BCUT2D eigenvalue weighted by molar-refractivity contribution is 9.10. The molecule has 0 aliphatic heterocycles. The molecule has 2 aromatic carbocycles. The lowest BCUT2D eigenvalue weighted by Gasteiger charge is -2.29. The summed E-state index contributed by atoms with van der Waals surface area (Å²) in [6.45, 7) is 10.1. The van der Waals surface area contributed by atoms with E-state index < -0.39 is 6.04 Å². The van der Waals surface area contributed by atoms with Gasteiger partial charge >= 0.3 is 0 Å². The maximum Gasteiger partial charge on any atom is 0.261 e. The van der Waals surface area contributed by atoms with Gasteiger partial charge in [-0.15, -0.1) is 0 Å². The molecule has 0 saturated carbocycles. The zero-order valence-corrected chi connectivity index (χ0v) is 20.3. The van der Waals surface area contributed by atoms with Gasteiger partial charge in [0.05, 0.1) is 0 Å². The lowest BCUT2D eigenvalue weighted by Crippen LogP contribution is -2.49. The van der Waals surface area contributed by atoms with Crippen molar-refractivity contribution >= 4 is 27.7 Å². The molecule has 5 nitrogen and oxygen atoms in total. The van der Waals surface area contributed by atoms with E-state index in [1.54, 1.807) is 19.1 Å². The molecule has 0 heterocycles. The van der Waals surface area contributed by atoms with Gasteiger partial charge in [-0.1, -0.05) is 41.9 Å². The highest BCUT2D eigenvalue weighted by atomic mass is 79.9. The molecule has 0 aromatic heterocycles. The van der Waals surface area contributed by atoms with Crippen LogP contribution in [0.5, 0.6) is 5.75 Å². The molecule has 0 aliphatic carbocycles. The predicted octanol–water partition coefficient (Wildman–Crippen LogP) is 4.77. The van der Waals surface area contributed by atoms with E-state index in [-0.39, 0.29) is 30.8 Å². The SMILES string of the molecule is Cc1cc(OCC(=O)N(Cc2ccc(F)cc2)[C@H](C)C(=O)NCC(C)C)cc(C)c1Br. The molecule has 0 bridgehead atoms. The highest BCUT2D eigenvalue weighted by Gasteiger charge is 2.26. The first-order valence-corrected chi connectivity index (χ1v) is 11.1. The molecule has 2 rings (SSSR count). The molecule has 168 valence electrons. The van der Waals surface area contributed by atoms with E-state index in [0.29, 0.717) is 18.2 Å². The number of hydrogen-bond donors (Lipinski definition) is 1. The average molecular weight is 493 g/mol. The van der Waals surface area contributed by atoms with E-state index in [0.717, 1.165) is 21.2 Å². The van der Waals surface area contributed by atoms with Crippen LogP contribution in [0.4, 0.5) is 4.39 Å². The largest absolute Gasteiger partial charge is 0.484 e. The molecular weight excluding hydrogens is 463 g/mol. The number of amides is 2. The molecule has 1 atom stereocenters. The number of benzene rings is 2. The van der Waals surface area contributed by atoms with Gasteiger partial charge in [-0.25, -0.2) is 4.39 Å². The average Bonchev–Trinajstić information content (AvgIpc) is 2.73. The number of hydrogen-bond acceptors (Lipinski definition) is 3. The Hall–Kier alpha value is -2.41. The Morgan fingerprint density at radius 3 is 2.23 bits per heavy atom. The number of nitrogens with one attached hydrogen (secondary N) is 1. The van der Waals surface area contributed by atoms with Crippen LogP contribution in [0.2, 0.25) is 0 Å². The summed E-state index contributed by atoms with van der Waals surface area (Å²) in [6, 6.07) is 8.90. The van der Waals surface area contributed by atoms with Gasteiger partial charge in [0, 0.05) is 17.6 Å². The van der Waals surface area contributed by atoms with Crippen LogP contribution in [0.1, 0.15) is 37.5 Å². The molecule has 31 heavy (non-hydrogen) atoms. The minimum atomic E-state index is -0.701. The van der Waals surface area contributed by atoms with Crippen LogP contribution in [-0.4, -0.2) is 35.9 Å². The summed E-state index contributed by atoms with van der Waals surface area (Å²) in [7, 11) is 0. The van der Waals surface area contributed by atoms with Crippen LogP contribution in [-0.2, 0) is 16.1 Å². The van der Waals surface area contributed by atoms with E-state index in [4.69, 9.17) is 4.74 Å². The van der Waals surface area contributed by atoms with Gasteiger partial charge in [0.1, 0.15) is 17.6 Å². The molecular formula is C24H30BrFN2O3. The third-order valence-corrected chi connectivity index (χ3v) is 6.14. The summed E-state index contributed by atoms with van der Waals surface area (Å²) in [5.74, 6) is -0.0299. The van der Waals surface area contributed by atoms with Crippen LogP contribution in [0.3, 0.4) is 0 Å². The number of ether oxygens (including phenoxy) is 1. The Morgan fingerprint density at radius 1 is 1.10 bits per heavy atom. The van der Waals surface area contributed by atoms with Gasteiger partial charge in [0.25, 0.3) is 5.91 Å². The Bertz CT molecular complexity index is 893. The number of aryl methyl sites for hydroxylation is 2. The standard InChI is InChI=1S/C24H30BrFN2O3/c1-15(2)12-27-24(30)18(5)28(13-19-6-8-20(26)9-7-19)22(29)14-31-21-10-16(3)23(25)17(4)11-21/h6-11,15,18H,12-14H2,1-5H3,(H,27,30)/t18-/m1/s1. The van der Waals surface area contributed by atoms with E-state index in [1.165, 1.54) is 17.0 Å². The van der Waals surface area contributed by atoms with Gasteiger partial charge < -0.3 is 15.0 Å². The maximum atomic E-state index is 13.3. The molecule has 0 unspecified atom stereocenters. The van der Waals surface area contributed by atoms with Crippen molar-refractivity contribution in [1.29, 1.82) is 0 Å². The second-order valence-electron chi connectivity index (χ2n) is 8.12. The van der Waals surface area contributed by atoms with E-state index in [9.17, 15) is 14.0 Å². The maximum absolute atomic E-state index is 13.3. The molecule has 0 saturated heterocycles. The summed E-state index contributed by atoms with van der Waals surface area (Å²) in [5, 5.41) is 2.87. The van der Waals surface area contributed by atoms with E-state index in [1.807, 2.05) is 39.8 Å². The first-order valence-electron chi connectivity index (χ1n) is 10.3. The molecule has 7 heteroatoms. The van der Waals surface area contributed by atoms with Crippen LogP contribution in [0.25, 0.3) is 0 Å². The zero-order valence-electron chi connectivity index (χ0n) is 18.7. The Balaban J connectivity index is 2.16. The Labute approximate surface area is 192 Å². The van der Waals surface area contributed by atoms with Gasteiger partial charge in [-0.2, -0.15) is 0 Å². The fraction of sp³-hybridized carbons (Fsp3) is 0.417. The van der Waals surface area contributed by atoms with E-state index >= 15 is 0 Å². The summed E-state index contributed by atoms with van der Waals surface area (Å²) in [4.78, 5) is 27.1. The first kappa shape index (κ1) is 24.9. The number of rotatable bonds is 9. The quantitative estimate of drug-likeness (QED) is 0.548. The molecule has 0 aliphatic rings. The molecule has 0 spiro atoms. The lowest BCUT2D eigenvalue weighted by molar-refractivity contribution is -0.142. The number of halogens is 2. The first-order chi connectivity index (χ1) is 14.6. The highest BCUT2D eigenvalue weighted by Crippen LogP contribution is 2.26. The van der Waals surface area contributed by atoms with Crippen molar-refractivity contribution in [3.05, 3.63) is 63.4 Å². The van der Waals surface area contributed by atoms with Crippen molar-refractivity contribution in [2.45, 2.75) is 47.2 Å². The molecule has 0 fully saturated rings. The normalized spacial score (nSPS) is 11.9. The fourth-order valence-electron chi connectivity index (χ4n) is 3.04. The smallest absolute Gasteiger partial charge is 0.261 e. The monoisotopic (exact) mass is 492 g/mol. The summed E-state index contributed by atoms with van der Waals surface area (Å²) < 4.78 is 20.0. The van der Waals surface area contributed by atoms with Crippen molar-refractivity contribution in [2.75, 3.05) is 13.2 Å². The predicted molar refractivity (Wildman–Crippen MR) is 123 cm³/mol. The number of carbonyl (C=O) groups excluding carboxylic acids is 2. The zero-order chi connectivity index (χ0) is 23.1. The van der Waals surface area contributed by atoms with Crippen LogP contribution in [0.15, 0.2) is 40.9 Å². The summed E-state index contributed by atoms with van der Waals surface area (Å²) >= 11 is 3.52. The van der Waals surface area contributed by atoms with Gasteiger partial charge in [0.2, 0.25) is 5.91 Å². The van der Waals surface area contributed by atoms with Crippen molar-refractivity contribution < 1.29 is 18.7 Å². The van der Waals surface area contributed by atoms with Gasteiger partial charge in [0.15, 0.2) is 6.61 Å².